The zero-order chi connectivity index (χ0) is 17.1. The van der Waals surface area contributed by atoms with Gasteiger partial charge in [-0.25, -0.2) is 4.79 Å². The van der Waals surface area contributed by atoms with E-state index in [4.69, 9.17) is 4.74 Å². The summed E-state index contributed by atoms with van der Waals surface area (Å²) in [4.78, 5) is 22.6. The highest BCUT2D eigenvalue weighted by atomic mass is 16.6. The lowest BCUT2D eigenvalue weighted by Crippen LogP contribution is -2.12. The van der Waals surface area contributed by atoms with Crippen LogP contribution in [0.2, 0.25) is 0 Å². The molecule has 4 nitrogen and oxygen atoms in total. The van der Waals surface area contributed by atoms with Gasteiger partial charge in [-0.2, -0.15) is 0 Å². The topological polar surface area (TPSA) is 63.6 Å². The molecule has 1 aromatic rings. The molecule has 0 aromatic heterocycles. The van der Waals surface area contributed by atoms with Crippen LogP contribution in [0.1, 0.15) is 18.9 Å². The summed E-state index contributed by atoms with van der Waals surface area (Å²) in [6.07, 6.45) is 0.448. The van der Waals surface area contributed by atoms with E-state index in [1.54, 1.807) is 0 Å². The number of rotatable bonds is 4. The fourth-order valence-corrected chi connectivity index (χ4v) is 2.65. The molecule has 1 atom stereocenters. The quantitative estimate of drug-likeness (QED) is 0.589. The molecule has 1 unspecified atom stereocenters. The number of aryl methyl sites for hydroxylation is 1. The lowest BCUT2D eigenvalue weighted by atomic mass is 10.0. The molecule has 122 valence electrons. The number of Topliss-reactive ketones (excluding diaryl/α,β-unsaturated/α-hetero) is 1. The summed E-state index contributed by atoms with van der Waals surface area (Å²) in [5.41, 5.74) is 3.73. The average Bonchev–Trinajstić information content (AvgIpc) is 3.05. The van der Waals surface area contributed by atoms with Crippen LogP contribution < -0.4 is 0 Å². The van der Waals surface area contributed by atoms with Crippen molar-refractivity contribution in [2.75, 3.05) is 0 Å². The van der Waals surface area contributed by atoms with Crippen molar-refractivity contribution >= 4 is 11.8 Å². The normalized spacial score (nSPS) is 17.0. The van der Waals surface area contributed by atoms with Crippen molar-refractivity contribution in [1.82, 2.24) is 0 Å². The van der Waals surface area contributed by atoms with Crippen LogP contribution >= 0.6 is 0 Å². The highest BCUT2D eigenvalue weighted by Crippen LogP contribution is 2.32. The molecular weight excluding hydrogens is 304 g/mol. The summed E-state index contributed by atoms with van der Waals surface area (Å²) in [5, 5.41) is 9.78. The Morgan fingerprint density at radius 3 is 2.21 bits per heavy atom. The second-order valence-corrected chi connectivity index (χ2v) is 5.82. The number of ketones is 1. The van der Waals surface area contributed by atoms with Crippen LogP contribution in [-0.4, -0.2) is 23.0 Å². The van der Waals surface area contributed by atoms with Gasteiger partial charge < -0.3 is 9.84 Å². The van der Waals surface area contributed by atoms with E-state index in [2.05, 4.69) is 24.3 Å². The van der Waals surface area contributed by atoms with Gasteiger partial charge in [-0.1, -0.05) is 48.5 Å². The maximum atomic E-state index is 11.4. The van der Waals surface area contributed by atoms with Gasteiger partial charge in [0.15, 0.2) is 17.6 Å². The van der Waals surface area contributed by atoms with Gasteiger partial charge in [0, 0.05) is 0 Å². The number of carbonyl (C=O) groups is 2. The van der Waals surface area contributed by atoms with Crippen molar-refractivity contribution in [1.29, 1.82) is 0 Å². The molecule has 0 saturated carbocycles. The molecule has 1 heterocycles. The van der Waals surface area contributed by atoms with Crippen molar-refractivity contribution in [3.8, 4) is 11.1 Å². The summed E-state index contributed by atoms with van der Waals surface area (Å²) in [6, 6.07) is 18.2. The number of hydrogen-bond donors (Lipinski definition) is 1. The first kappa shape index (κ1) is 16.0. The van der Waals surface area contributed by atoms with Crippen molar-refractivity contribution in [2.45, 2.75) is 25.9 Å². The lowest BCUT2D eigenvalue weighted by Gasteiger charge is -2.09. The number of ether oxygens (including phenoxy) is 1. The molecule has 1 aliphatic heterocycles. The zero-order valence-electron chi connectivity index (χ0n) is 13.4. The molecule has 4 rings (SSSR count). The minimum Gasteiger partial charge on any atom is -0.507 e. The molecule has 0 amide bonds. The number of hydrogen-bond acceptors (Lipinski definition) is 4. The Kier molecular flexibility index (Phi) is 4.47. The van der Waals surface area contributed by atoms with Gasteiger partial charge in [0.25, 0.3) is 0 Å². The Balaban J connectivity index is 0.000000231. The Morgan fingerprint density at radius 1 is 1.08 bits per heavy atom. The van der Waals surface area contributed by atoms with Gasteiger partial charge in [0.2, 0.25) is 0 Å². The summed E-state index contributed by atoms with van der Waals surface area (Å²) >= 11 is 0. The molecule has 0 saturated heterocycles. The van der Waals surface area contributed by atoms with E-state index in [1.807, 2.05) is 30.3 Å². The minimum atomic E-state index is -0.724. The maximum Gasteiger partial charge on any atom is 0.346 e. The lowest BCUT2D eigenvalue weighted by molar-refractivity contribution is -0.141. The molecule has 2 aliphatic carbocycles. The van der Waals surface area contributed by atoms with Crippen molar-refractivity contribution in [2.24, 2.45) is 0 Å². The Bertz CT molecular complexity index is 788. The first-order valence-electron chi connectivity index (χ1n) is 7.85. The minimum absolute atomic E-state index is 0.215. The van der Waals surface area contributed by atoms with Gasteiger partial charge in [0.1, 0.15) is 5.57 Å². The molecular formula is C20H18O4. The molecule has 24 heavy (non-hydrogen) atoms. The van der Waals surface area contributed by atoms with Crippen molar-refractivity contribution in [3.63, 3.8) is 0 Å². The number of cyclic esters (lactones) is 1. The number of carbonyl (C=O) groups excluding carboxylic acids is 2. The third-order valence-electron chi connectivity index (χ3n) is 4.02. The first-order valence-corrected chi connectivity index (χ1v) is 7.85. The predicted octanol–water partition coefficient (Wildman–Crippen LogP) is 3.61. The Hall–Kier alpha value is -2.88. The number of esters is 1. The monoisotopic (exact) mass is 322 g/mol. The molecule has 1 aromatic carbocycles. The number of aliphatic hydroxyl groups excluding tert-OH is 1. The maximum absolute atomic E-state index is 11.4. The number of fused-ring (bicyclic) bond motifs is 1. The number of aliphatic hydroxyl groups is 1. The summed E-state index contributed by atoms with van der Waals surface area (Å²) in [6.45, 7) is 1.24. The zero-order valence-corrected chi connectivity index (χ0v) is 13.4. The molecule has 0 spiro atoms. The van der Waals surface area contributed by atoms with Crippen molar-refractivity contribution in [3.05, 3.63) is 71.5 Å². The van der Waals surface area contributed by atoms with Crippen LogP contribution in [0.4, 0.5) is 0 Å². The molecule has 4 heteroatoms. The van der Waals surface area contributed by atoms with Crippen molar-refractivity contribution < 1.29 is 19.4 Å². The van der Waals surface area contributed by atoms with Gasteiger partial charge in [-0.05, 0) is 42.5 Å². The third-order valence-corrected chi connectivity index (χ3v) is 4.02. The van der Waals surface area contributed by atoms with Gasteiger partial charge in [-0.15, -0.1) is 0 Å². The van der Waals surface area contributed by atoms with Crippen LogP contribution in [0, 0.1) is 0 Å². The predicted molar refractivity (Wildman–Crippen MR) is 90.4 cm³/mol. The van der Waals surface area contributed by atoms with Crippen LogP contribution in [0.5, 0.6) is 0 Å². The standard InChI is InChI=1S/C14H14O4.C6H4/c1-9(15)12-13(16)11(18-14(12)17)8-7-10-5-3-2-4-6-10;1-2-5-4-6(5)3-1/h2-6,11,16H,7-8H2,1H3;1-4H. The number of benzene rings is 2. The molecule has 1 N–H and O–H groups in total. The smallest absolute Gasteiger partial charge is 0.346 e. The molecule has 0 bridgehead atoms. The van der Waals surface area contributed by atoms with Gasteiger partial charge in [-0.3, -0.25) is 4.79 Å². The SMILES string of the molecule is CC(=O)C1=C(O)C(CCc2ccccc2)OC1=O.c1cc2cc-2c1. The van der Waals surface area contributed by atoms with Crippen LogP contribution in [0.15, 0.2) is 65.9 Å². The van der Waals surface area contributed by atoms with E-state index in [-0.39, 0.29) is 11.3 Å². The van der Waals surface area contributed by atoms with E-state index in [1.165, 1.54) is 18.1 Å². The van der Waals surface area contributed by atoms with Crippen LogP contribution in [-0.2, 0) is 20.7 Å². The largest absolute Gasteiger partial charge is 0.507 e. The third kappa shape index (κ3) is 3.54. The molecule has 3 aliphatic rings. The van der Waals surface area contributed by atoms with E-state index in [0.717, 1.165) is 5.56 Å². The fourth-order valence-electron chi connectivity index (χ4n) is 2.65. The van der Waals surface area contributed by atoms with E-state index in [9.17, 15) is 14.7 Å². The fraction of sp³-hybridized carbons (Fsp3) is 0.200. The van der Waals surface area contributed by atoms with Crippen LogP contribution in [0.25, 0.3) is 11.1 Å². The summed E-state index contributed by atoms with van der Waals surface area (Å²) in [7, 11) is 0. The van der Waals surface area contributed by atoms with E-state index >= 15 is 0 Å². The molecule has 0 fully saturated rings. The Labute approximate surface area is 140 Å². The second kappa shape index (κ2) is 6.71. The van der Waals surface area contributed by atoms with Crippen LogP contribution in [0.3, 0.4) is 0 Å². The summed E-state index contributed by atoms with van der Waals surface area (Å²) in [5.74, 6) is -1.42. The molecule has 0 radical (unpaired) electrons. The second-order valence-electron chi connectivity index (χ2n) is 5.82. The van der Waals surface area contributed by atoms with Gasteiger partial charge in [0.05, 0.1) is 0 Å². The highest BCUT2D eigenvalue weighted by molar-refractivity contribution is 6.18. The average molecular weight is 322 g/mol. The first-order chi connectivity index (χ1) is 11.6. The summed E-state index contributed by atoms with van der Waals surface area (Å²) < 4.78 is 4.99. The van der Waals surface area contributed by atoms with E-state index in [0.29, 0.717) is 12.8 Å². The Morgan fingerprint density at radius 2 is 1.75 bits per heavy atom. The van der Waals surface area contributed by atoms with E-state index < -0.39 is 17.9 Å². The highest BCUT2D eigenvalue weighted by Gasteiger charge is 2.36. The van der Waals surface area contributed by atoms with Gasteiger partial charge >= 0.3 is 5.97 Å².